The van der Waals surface area contributed by atoms with E-state index >= 15 is 0 Å². The van der Waals surface area contributed by atoms with E-state index in [0.29, 0.717) is 6.61 Å². The minimum atomic E-state index is 0.630. The Labute approximate surface area is 126 Å². The molecule has 1 aromatic heterocycles. The highest BCUT2D eigenvalue weighted by atomic mass is 79.9. The SMILES string of the molecule is CCNCc1cc(Br)cc(C)c1OCc1ccsc1. The van der Waals surface area contributed by atoms with Crippen LogP contribution in [0.5, 0.6) is 5.75 Å². The van der Waals surface area contributed by atoms with Gasteiger partial charge in [0.15, 0.2) is 0 Å². The van der Waals surface area contributed by atoms with Crippen molar-refractivity contribution in [2.75, 3.05) is 6.54 Å². The standard InChI is InChI=1S/C15H18BrNOS/c1-3-17-8-13-7-14(16)6-11(2)15(13)18-9-12-4-5-19-10-12/h4-7,10,17H,3,8-9H2,1-2H3. The van der Waals surface area contributed by atoms with Gasteiger partial charge < -0.3 is 10.1 Å². The number of hydrogen-bond acceptors (Lipinski definition) is 3. The van der Waals surface area contributed by atoms with Crippen LogP contribution in [0.15, 0.2) is 33.4 Å². The zero-order valence-electron chi connectivity index (χ0n) is 11.2. The van der Waals surface area contributed by atoms with E-state index in [9.17, 15) is 0 Å². The predicted molar refractivity (Wildman–Crippen MR) is 84.9 cm³/mol. The molecule has 19 heavy (non-hydrogen) atoms. The molecule has 0 aliphatic heterocycles. The molecule has 0 radical (unpaired) electrons. The lowest BCUT2D eigenvalue weighted by Crippen LogP contribution is -2.13. The van der Waals surface area contributed by atoms with Crippen LogP contribution in [0.2, 0.25) is 0 Å². The van der Waals surface area contributed by atoms with Gasteiger partial charge in [0.2, 0.25) is 0 Å². The molecular weight excluding hydrogens is 322 g/mol. The highest BCUT2D eigenvalue weighted by Crippen LogP contribution is 2.29. The number of hydrogen-bond donors (Lipinski definition) is 1. The summed E-state index contributed by atoms with van der Waals surface area (Å²) in [5.41, 5.74) is 3.59. The number of halogens is 1. The summed E-state index contributed by atoms with van der Waals surface area (Å²) < 4.78 is 7.11. The minimum Gasteiger partial charge on any atom is -0.488 e. The molecule has 0 fully saturated rings. The summed E-state index contributed by atoms with van der Waals surface area (Å²) in [4.78, 5) is 0. The third-order valence-corrected chi connectivity index (χ3v) is 4.03. The molecule has 2 aromatic rings. The first-order chi connectivity index (χ1) is 9.20. The van der Waals surface area contributed by atoms with Gasteiger partial charge in [0, 0.05) is 16.6 Å². The zero-order chi connectivity index (χ0) is 13.7. The van der Waals surface area contributed by atoms with Crippen molar-refractivity contribution in [2.45, 2.75) is 27.0 Å². The van der Waals surface area contributed by atoms with Crippen molar-refractivity contribution in [3.63, 3.8) is 0 Å². The Bertz CT molecular complexity index is 525. The van der Waals surface area contributed by atoms with Gasteiger partial charge in [-0.15, -0.1) is 0 Å². The van der Waals surface area contributed by atoms with Crippen LogP contribution in [0.4, 0.5) is 0 Å². The molecule has 4 heteroatoms. The monoisotopic (exact) mass is 339 g/mol. The van der Waals surface area contributed by atoms with Gasteiger partial charge in [-0.3, -0.25) is 0 Å². The molecule has 0 spiro atoms. The average molecular weight is 340 g/mol. The van der Waals surface area contributed by atoms with Gasteiger partial charge in [-0.25, -0.2) is 0 Å². The van der Waals surface area contributed by atoms with Crippen LogP contribution in [-0.4, -0.2) is 6.54 Å². The fourth-order valence-electron chi connectivity index (χ4n) is 1.93. The Kier molecular flexibility index (Phi) is 5.43. The number of thiophene rings is 1. The molecule has 0 aliphatic rings. The van der Waals surface area contributed by atoms with Gasteiger partial charge in [0.25, 0.3) is 0 Å². The molecule has 2 rings (SSSR count). The van der Waals surface area contributed by atoms with Crippen molar-refractivity contribution < 1.29 is 4.74 Å². The summed E-state index contributed by atoms with van der Waals surface area (Å²) in [6.45, 7) is 6.61. The first kappa shape index (κ1) is 14.6. The minimum absolute atomic E-state index is 0.630. The van der Waals surface area contributed by atoms with Crippen LogP contribution < -0.4 is 10.1 Å². The van der Waals surface area contributed by atoms with Crippen molar-refractivity contribution in [1.29, 1.82) is 0 Å². The summed E-state index contributed by atoms with van der Waals surface area (Å²) >= 11 is 5.25. The van der Waals surface area contributed by atoms with Gasteiger partial charge in [-0.1, -0.05) is 22.9 Å². The van der Waals surface area contributed by atoms with Crippen LogP contribution in [0.25, 0.3) is 0 Å². The number of aryl methyl sites for hydroxylation is 1. The van der Waals surface area contributed by atoms with Crippen LogP contribution in [0.1, 0.15) is 23.6 Å². The Morgan fingerprint density at radius 1 is 1.37 bits per heavy atom. The molecule has 0 saturated heterocycles. The van der Waals surface area contributed by atoms with Crippen molar-refractivity contribution >= 4 is 27.3 Å². The number of ether oxygens (including phenoxy) is 1. The van der Waals surface area contributed by atoms with Crippen molar-refractivity contribution in [1.82, 2.24) is 5.32 Å². The lowest BCUT2D eigenvalue weighted by Gasteiger charge is -2.15. The number of rotatable bonds is 6. The Balaban J connectivity index is 2.16. The predicted octanol–water partition coefficient (Wildman–Crippen LogP) is 4.51. The third-order valence-electron chi connectivity index (χ3n) is 2.85. The third kappa shape index (κ3) is 4.06. The van der Waals surface area contributed by atoms with Crippen molar-refractivity contribution in [3.05, 3.63) is 50.1 Å². The highest BCUT2D eigenvalue weighted by molar-refractivity contribution is 9.10. The first-order valence-corrected chi connectivity index (χ1v) is 8.08. The smallest absolute Gasteiger partial charge is 0.127 e. The lowest BCUT2D eigenvalue weighted by molar-refractivity contribution is 0.300. The van der Waals surface area contributed by atoms with E-state index < -0.39 is 0 Å². The number of nitrogens with one attached hydrogen (secondary N) is 1. The summed E-state index contributed by atoms with van der Waals surface area (Å²) in [5.74, 6) is 0.996. The molecule has 0 atom stereocenters. The second-order valence-electron chi connectivity index (χ2n) is 4.41. The maximum Gasteiger partial charge on any atom is 0.127 e. The Morgan fingerprint density at radius 3 is 2.89 bits per heavy atom. The number of benzene rings is 1. The summed E-state index contributed by atoms with van der Waals surface area (Å²) in [6.07, 6.45) is 0. The van der Waals surface area contributed by atoms with Gasteiger partial charge in [-0.05, 0) is 53.6 Å². The molecule has 0 saturated carbocycles. The molecule has 1 N–H and O–H groups in total. The van der Waals surface area contributed by atoms with Gasteiger partial charge >= 0.3 is 0 Å². The Hall–Kier alpha value is -0.840. The van der Waals surface area contributed by atoms with Gasteiger partial charge in [-0.2, -0.15) is 11.3 Å². The van der Waals surface area contributed by atoms with E-state index in [1.54, 1.807) is 11.3 Å². The molecule has 0 aliphatic carbocycles. The molecular formula is C15H18BrNOS. The van der Waals surface area contributed by atoms with Gasteiger partial charge in [0.1, 0.15) is 12.4 Å². The zero-order valence-corrected chi connectivity index (χ0v) is 13.6. The maximum atomic E-state index is 6.01. The van der Waals surface area contributed by atoms with E-state index in [1.165, 1.54) is 11.1 Å². The molecule has 0 amide bonds. The molecule has 1 heterocycles. The molecule has 2 nitrogen and oxygen atoms in total. The normalized spacial score (nSPS) is 10.7. The molecule has 102 valence electrons. The lowest BCUT2D eigenvalue weighted by atomic mass is 10.1. The van der Waals surface area contributed by atoms with E-state index in [2.05, 4.69) is 64.1 Å². The largest absolute Gasteiger partial charge is 0.488 e. The van der Waals surface area contributed by atoms with Crippen LogP contribution >= 0.6 is 27.3 Å². The summed E-state index contributed by atoms with van der Waals surface area (Å²) in [6, 6.07) is 6.32. The average Bonchev–Trinajstić information content (AvgIpc) is 2.88. The van der Waals surface area contributed by atoms with Crippen LogP contribution in [0.3, 0.4) is 0 Å². The summed E-state index contributed by atoms with van der Waals surface area (Å²) in [7, 11) is 0. The van der Waals surface area contributed by atoms with E-state index in [4.69, 9.17) is 4.74 Å². The van der Waals surface area contributed by atoms with Crippen molar-refractivity contribution in [2.24, 2.45) is 0 Å². The van der Waals surface area contributed by atoms with Crippen molar-refractivity contribution in [3.8, 4) is 5.75 Å². The highest BCUT2D eigenvalue weighted by Gasteiger charge is 2.09. The topological polar surface area (TPSA) is 21.3 Å². The summed E-state index contributed by atoms with van der Waals surface area (Å²) in [5, 5.41) is 7.55. The quantitative estimate of drug-likeness (QED) is 0.836. The molecule has 0 unspecified atom stereocenters. The molecule has 1 aromatic carbocycles. The molecule has 0 bridgehead atoms. The second-order valence-corrected chi connectivity index (χ2v) is 6.11. The van der Waals surface area contributed by atoms with Crippen LogP contribution in [0, 0.1) is 6.92 Å². The second kappa shape index (κ2) is 7.08. The first-order valence-electron chi connectivity index (χ1n) is 6.34. The Morgan fingerprint density at radius 2 is 2.21 bits per heavy atom. The maximum absolute atomic E-state index is 6.01. The van der Waals surface area contributed by atoms with E-state index in [0.717, 1.165) is 28.9 Å². The van der Waals surface area contributed by atoms with E-state index in [-0.39, 0.29) is 0 Å². The van der Waals surface area contributed by atoms with Gasteiger partial charge in [0.05, 0.1) is 0 Å². The van der Waals surface area contributed by atoms with Crippen LogP contribution in [-0.2, 0) is 13.2 Å². The van der Waals surface area contributed by atoms with E-state index in [1.807, 2.05) is 0 Å². The fraction of sp³-hybridized carbons (Fsp3) is 0.333. The fourth-order valence-corrected chi connectivity index (χ4v) is 3.20.